The summed E-state index contributed by atoms with van der Waals surface area (Å²) < 4.78 is 0. The van der Waals surface area contributed by atoms with E-state index >= 15 is 0 Å². The molecule has 0 radical (unpaired) electrons. The van der Waals surface area contributed by atoms with Crippen LogP contribution in [0.25, 0.3) is 10.9 Å². The molecule has 0 bridgehead atoms. The highest BCUT2D eigenvalue weighted by Crippen LogP contribution is 2.20. The number of hydrogen-bond donors (Lipinski definition) is 1. The minimum Gasteiger partial charge on any atom is -0.351 e. The Kier molecular flexibility index (Phi) is 4.91. The lowest BCUT2D eigenvalue weighted by Gasteiger charge is -2.26. The molecule has 0 atom stereocenters. The topological polar surface area (TPSA) is 45.2 Å². The largest absolute Gasteiger partial charge is 0.351 e. The van der Waals surface area contributed by atoms with Crippen LogP contribution in [-0.4, -0.2) is 42.0 Å². The van der Waals surface area contributed by atoms with Crippen molar-refractivity contribution in [2.75, 3.05) is 26.2 Å². The number of rotatable bonds is 4. The molecule has 3 rings (SSSR count). The van der Waals surface area contributed by atoms with Crippen LogP contribution in [0, 0.1) is 13.8 Å². The molecule has 1 saturated heterocycles. The Morgan fingerprint density at radius 1 is 1.17 bits per heavy atom. The van der Waals surface area contributed by atoms with E-state index in [1.165, 1.54) is 19.3 Å². The molecule has 0 spiro atoms. The van der Waals surface area contributed by atoms with Crippen molar-refractivity contribution < 1.29 is 4.79 Å². The lowest BCUT2D eigenvalue weighted by atomic mass is 10.0. The van der Waals surface area contributed by atoms with Crippen LogP contribution in [0.2, 0.25) is 0 Å². The average molecular weight is 311 g/mol. The average Bonchev–Trinajstić information content (AvgIpc) is 2.55. The van der Waals surface area contributed by atoms with Gasteiger partial charge in [0.25, 0.3) is 5.91 Å². The molecule has 1 aromatic carbocycles. The molecule has 0 unspecified atom stereocenters. The highest BCUT2D eigenvalue weighted by Gasteiger charge is 2.13. The number of hydrogen-bond acceptors (Lipinski definition) is 3. The summed E-state index contributed by atoms with van der Waals surface area (Å²) in [4.78, 5) is 19.6. The van der Waals surface area contributed by atoms with Crippen LogP contribution < -0.4 is 5.32 Å². The summed E-state index contributed by atoms with van der Waals surface area (Å²) in [5, 5.41) is 4.01. The van der Waals surface area contributed by atoms with Gasteiger partial charge in [-0.2, -0.15) is 0 Å². The highest BCUT2D eigenvalue weighted by molar-refractivity contribution is 6.06. The predicted octanol–water partition coefficient (Wildman–Crippen LogP) is 3.07. The molecule has 4 nitrogen and oxygen atoms in total. The van der Waals surface area contributed by atoms with Crippen molar-refractivity contribution in [2.45, 2.75) is 33.1 Å². The van der Waals surface area contributed by atoms with Crippen molar-refractivity contribution in [2.24, 2.45) is 0 Å². The molecular formula is C19H25N3O. The fourth-order valence-corrected chi connectivity index (χ4v) is 3.27. The van der Waals surface area contributed by atoms with Crippen molar-refractivity contribution in [3.63, 3.8) is 0 Å². The van der Waals surface area contributed by atoms with Gasteiger partial charge < -0.3 is 10.2 Å². The number of nitrogens with zero attached hydrogens (tertiary/aromatic N) is 2. The van der Waals surface area contributed by atoms with E-state index < -0.39 is 0 Å². The molecule has 0 aliphatic carbocycles. The molecule has 2 heterocycles. The number of likely N-dealkylation sites (tertiary alicyclic amines) is 1. The van der Waals surface area contributed by atoms with Crippen LogP contribution in [-0.2, 0) is 0 Å². The molecule has 1 N–H and O–H groups in total. The number of amides is 1. The standard InChI is InChI=1S/C19H25N3O/c1-14-6-7-18-16(12-14)17(13-15(2)21-18)19(23)20-8-11-22-9-4-3-5-10-22/h6-7,12-13H,3-5,8-11H2,1-2H3,(H,20,23). The Hall–Kier alpha value is -1.94. The first-order chi connectivity index (χ1) is 11.1. The Morgan fingerprint density at radius 2 is 1.96 bits per heavy atom. The fraction of sp³-hybridized carbons (Fsp3) is 0.474. The SMILES string of the molecule is Cc1ccc2nc(C)cc(C(=O)NCCN3CCCCC3)c2c1. The molecule has 1 aromatic heterocycles. The van der Waals surface area contributed by atoms with E-state index in [0.717, 1.165) is 47.4 Å². The molecular weight excluding hydrogens is 286 g/mol. The van der Waals surface area contributed by atoms with E-state index in [-0.39, 0.29) is 5.91 Å². The maximum absolute atomic E-state index is 12.6. The van der Waals surface area contributed by atoms with Gasteiger partial charge in [0.05, 0.1) is 11.1 Å². The van der Waals surface area contributed by atoms with Gasteiger partial charge in [0.15, 0.2) is 0 Å². The lowest BCUT2D eigenvalue weighted by molar-refractivity contribution is 0.0948. The van der Waals surface area contributed by atoms with Crippen molar-refractivity contribution in [1.82, 2.24) is 15.2 Å². The first kappa shape index (κ1) is 15.9. The van der Waals surface area contributed by atoms with E-state index in [4.69, 9.17) is 0 Å². The smallest absolute Gasteiger partial charge is 0.252 e. The van der Waals surface area contributed by atoms with Crippen molar-refractivity contribution in [3.8, 4) is 0 Å². The van der Waals surface area contributed by atoms with Gasteiger partial charge in [0, 0.05) is 24.2 Å². The van der Waals surface area contributed by atoms with Gasteiger partial charge >= 0.3 is 0 Å². The second kappa shape index (κ2) is 7.09. The van der Waals surface area contributed by atoms with Crippen LogP contribution in [0.15, 0.2) is 24.3 Å². The third-order valence-corrected chi connectivity index (χ3v) is 4.50. The predicted molar refractivity (Wildman–Crippen MR) is 93.8 cm³/mol. The van der Waals surface area contributed by atoms with Gasteiger partial charge in [-0.15, -0.1) is 0 Å². The second-order valence-electron chi connectivity index (χ2n) is 6.49. The maximum Gasteiger partial charge on any atom is 0.252 e. The van der Waals surface area contributed by atoms with Gasteiger partial charge in [-0.25, -0.2) is 0 Å². The number of pyridine rings is 1. The molecule has 1 amide bonds. The van der Waals surface area contributed by atoms with Gasteiger partial charge in [-0.1, -0.05) is 18.1 Å². The molecule has 1 aliphatic heterocycles. The Bertz CT molecular complexity index is 705. The van der Waals surface area contributed by atoms with Gasteiger partial charge in [0.1, 0.15) is 0 Å². The second-order valence-corrected chi connectivity index (χ2v) is 6.49. The number of carbonyl (C=O) groups is 1. The molecule has 23 heavy (non-hydrogen) atoms. The zero-order valence-corrected chi connectivity index (χ0v) is 14.1. The van der Waals surface area contributed by atoms with Gasteiger partial charge in [-0.3, -0.25) is 9.78 Å². The fourth-order valence-electron chi connectivity index (χ4n) is 3.27. The monoisotopic (exact) mass is 311 g/mol. The lowest BCUT2D eigenvalue weighted by Crippen LogP contribution is -2.37. The minimum absolute atomic E-state index is 0.00288. The molecule has 122 valence electrons. The number of nitrogens with one attached hydrogen (secondary N) is 1. The van der Waals surface area contributed by atoms with E-state index in [1.807, 2.05) is 38.1 Å². The normalized spacial score (nSPS) is 15.7. The van der Waals surface area contributed by atoms with E-state index in [1.54, 1.807) is 0 Å². The highest BCUT2D eigenvalue weighted by atomic mass is 16.1. The first-order valence-electron chi connectivity index (χ1n) is 8.52. The summed E-state index contributed by atoms with van der Waals surface area (Å²) in [5.74, 6) is 0.00288. The van der Waals surface area contributed by atoms with Crippen LogP contribution in [0.4, 0.5) is 0 Å². The summed E-state index contributed by atoms with van der Waals surface area (Å²) in [5.41, 5.74) is 3.64. The van der Waals surface area contributed by atoms with Crippen LogP contribution >= 0.6 is 0 Å². The molecule has 1 aliphatic rings. The summed E-state index contributed by atoms with van der Waals surface area (Å²) in [6, 6.07) is 7.95. The summed E-state index contributed by atoms with van der Waals surface area (Å²) in [7, 11) is 0. The van der Waals surface area contributed by atoms with E-state index in [9.17, 15) is 4.79 Å². The number of piperidine rings is 1. The van der Waals surface area contributed by atoms with Crippen LogP contribution in [0.5, 0.6) is 0 Å². The molecule has 1 fully saturated rings. The Labute approximate surface area is 137 Å². The molecule has 2 aromatic rings. The maximum atomic E-state index is 12.6. The number of fused-ring (bicyclic) bond motifs is 1. The van der Waals surface area contributed by atoms with Crippen molar-refractivity contribution in [1.29, 1.82) is 0 Å². The summed E-state index contributed by atoms with van der Waals surface area (Å²) >= 11 is 0. The minimum atomic E-state index is 0.00288. The number of benzene rings is 1. The zero-order valence-electron chi connectivity index (χ0n) is 14.1. The van der Waals surface area contributed by atoms with Crippen LogP contribution in [0.1, 0.15) is 40.9 Å². The van der Waals surface area contributed by atoms with Crippen LogP contribution in [0.3, 0.4) is 0 Å². The van der Waals surface area contributed by atoms with Gasteiger partial charge in [0.2, 0.25) is 0 Å². The Morgan fingerprint density at radius 3 is 2.74 bits per heavy atom. The van der Waals surface area contributed by atoms with Crippen molar-refractivity contribution in [3.05, 3.63) is 41.1 Å². The van der Waals surface area contributed by atoms with E-state index in [2.05, 4.69) is 15.2 Å². The quantitative estimate of drug-likeness (QED) is 0.944. The first-order valence-corrected chi connectivity index (χ1v) is 8.52. The third-order valence-electron chi connectivity index (χ3n) is 4.50. The number of aryl methyl sites for hydroxylation is 2. The van der Waals surface area contributed by atoms with Gasteiger partial charge in [-0.05, 0) is 58.0 Å². The Balaban J connectivity index is 1.71. The van der Waals surface area contributed by atoms with E-state index in [0.29, 0.717) is 6.54 Å². The zero-order chi connectivity index (χ0) is 16.2. The number of carbonyl (C=O) groups excluding carboxylic acids is 1. The third kappa shape index (κ3) is 3.88. The summed E-state index contributed by atoms with van der Waals surface area (Å²) in [6.45, 7) is 7.93. The molecule has 4 heteroatoms. The number of aromatic nitrogens is 1. The summed E-state index contributed by atoms with van der Waals surface area (Å²) in [6.07, 6.45) is 3.90. The molecule has 0 saturated carbocycles. The van der Waals surface area contributed by atoms with Crippen molar-refractivity contribution >= 4 is 16.8 Å².